The molecule has 5 nitrogen and oxygen atoms in total. The van der Waals surface area contributed by atoms with Crippen LogP contribution in [0.3, 0.4) is 0 Å². The molecule has 3 aromatic rings. The highest BCUT2D eigenvalue weighted by Crippen LogP contribution is 2.22. The Morgan fingerprint density at radius 2 is 2.11 bits per heavy atom. The van der Waals surface area contributed by atoms with E-state index in [-0.39, 0.29) is 0 Å². The zero-order valence-electron chi connectivity index (χ0n) is 9.80. The molecule has 0 amide bonds. The lowest BCUT2D eigenvalue weighted by Gasteiger charge is -2.05. The fraction of sp³-hybridized carbons (Fsp3) is 0.154. The molecule has 5 heteroatoms. The number of nitrogens with two attached hydrogens (primary N) is 1. The van der Waals surface area contributed by atoms with Gasteiger partial charge in [-0.2, -0.15) is 0 Å². The van der Waals surface area contributed by atoms with Gasteiger partial charge in [0.15, 0.2) is 5.65 Å². The van der Waals surface area contributed by atoms with Crippen molar-refractivity contribution in [2.24, 2.45) is 5.73 Å². The average molecular weight is 239 g/mol. The maximum Gasteiger partial charge on any atom is 0.181 e. The van der Waals surface area contributed by atoms with Gasteiger partial charge < -0.3 is 10.7 Å². The molecule has 0 bridgehead atoms. The summed E-state index contributed by atoms with van der Waals surface area (Å²) in [4.78, 5) is 15.8. The van der Waals surface area contributed by atoms with Crippen LogP contribution >= 0.6 is 0 Å². The Hall–Kier alpha value is -2.27. The summed E-state index contributed by atoms with van der Waals surface area (Å²) >= 11 is 0. The van der Waals surface area contributed by atoms with E-state index in [1.165, 1.54) is 11.9 Å². The molecule has 0 spiro atoms. The number of nitrogens with zero attached hydrogens (tertiary/aromatic N) is 3. The Balaban J connectivity index is 2.13. The highest BCUT2D eigenvalue weighted by molar-refractivity contribution is 5.75. The van der Waals surface area contributed by atoms with Gasteiger partial charge in [0.05, 0.1) is 6.20 Å². The first-order valence-electron chi connectivity index (χ1n) is 5.82. The monoisotopic (exact) mass is 239 g/mol. The Kier molecular flexibility index (Phi) is 2.74. The molecular formula is C13H13N5. The minimum Gasteiger partial charge on any atom is -0.335 e. The van der Waals surface area contributed by atoms with E-state index in [1.807, 2.05) is 18.2 Å². The quantitative estimate of drug-likeness (QED) is 0.726. The minimum atomic E-state index is 0.622. The van der Waals surface area contributed by atoms with Gasteiger partial charge in [0, 0.05) is 5.56 Å². The zero-order chi connectivity index (χ0) is 12.4. The van der Waals surface area contributed by atoms with Crippen LogP contribution < -0.4 is 5.73 Å². The van der Waals surface area contributed by atoms with E-state index in [0.717, 1.165) is 23.3 Å². The summed E-state index contributed by atoms with van der Waals surface area (Å²) in [5.41, 5.74) is 9.41. The van der Waals surface area contributed by atoms with Gasteiger partial charge in [-0.15, -0.1) is 0 Å². The summed E-state index contributed by atoms with van der Waals surface area (Å²) in [6.45, 7) is 0.622. The molecule has 0 aliphatic heterocycles. The van der Waals surface area contributed by atoms with Gasteiger partial charge in [0.2, 0.25) is 0 Å². The molecule has 3 N–H and O–H groups in total. The molecule has 3 rings (SSSR count). The van der Waals surface area contributed by atoms with Gasteiger partial charge in [-0.25, -0.2) is 15.0 Å². The average Bonchev–Trinajstić information content (AvgIpc) is 2.83. The van der Waals surface area contributed by atoms with E-state index < -0.39 is 0 Å². The SMILES string of the molecule is NCCc1ccccc1-c1nc2ncncc2[nH]1. The standard InChI is InChI=1S/C13H13N5/c14-6-5-9-3-1-2-4-10(9)12-17-11-7-15-8-16-13(11)18-12/h1-4,7-8H,5-6,14H2,(H,15,16,17,18). The van der Waals surface area contributed by atoms with E-state index in [9.17, 15) is 0 Å². The van der Waals surface area contributed by atoms with E-state index >= 15 is 0 Å². The number of aromatic amines is 1. The van der Waals surface area contributed by atoms with Crippen LogP contribution in [0.4, 0.5) is 0 Å². The number of aromatic nitrogens is 4. The Labute approximate surface area is 104 Å². The third-order valence-corrected chi connectivity index (χ3v) is 2.85. The lowest BCUT2D eigenvalue weighted by atomic mass is 10.0. The normalized spacial score (nSPS) is 10.9. The molecule has 2 heterocycles. The van der Waals surface area contributed by atoms with Crippen LogP contribution in [0, 0.1) is 0 Å². The van der Waals surface area contributed by atoms with Crippen molar-refractivity contribution in [3.05, 3.63) is 42.4 Å². The molecule has 90 valence electrons. The highest BCUT2D eigenvalue weighted by atomic mass is 15.0. The molecule has 0 aliphatic rings. The number of benzene rings is 1. The lowest BCUT2D eigenvalue weighted by Crippen LogP contribution is -2.04. The summed E-state index contributed by atoms with van der Waals surface area (Å²) in [6.07, 6.45) is 4.06. The topological polar surface area (TPSA) is 80.5 Å². The van der Waals surface area contributed by atoms with Crippen molar-refractivity contribution in [2.45, 2.75) is 6.42 Å². The summed E-state index contributed by atoms with van der Waals surface area (Å²) < 4.78 is 0. The minimum absolute atomic E-state index is 0.622. The molecule has 0 atom stereocenters. The summed E-state index contributed by atoms with van der Waals surface area (Å²) in [5.74, 6) is 0.814. The van der Waals surface area contributed by atoms with Crippen molar-refractivity contribution in [3.63, 3.8) is 0 Å². The van der Waals surface area contributed by atoms with Gasteiger partial charge in [0.25, 0.3) is 0 Å². The van der Waals surface area contributed by atoms with E-state index in [1.54, 1.807) is 6.20 Å². The molecule has 2 aromatic heterocycles. The smallest absolute Gasteiger partial charge is 0.181 e. The van der Waals surface area contributed by atoms with Crippen LogP contribution in [-0.2, 0) is 6.42 Å². The second kappa shape index (κ2) is 4.54. The number of nitrogens with one attached hydrogen (secondary N) is 1. The molecule has 18 heavy (non-hydrogen) atoms. The largest absolute Gasteiger partial charge is 0.335 e. The number of fused-ring (bicyclic) bond motifs is 1. The molecular weight excluding hydrogens is 226 g/mol. The van der Waals surface area contributed by atoms with Crippen molar-refractivity contribution >= 4 is 11.2 Å². The van der Waals surface area contributed by atoms with E-state index in [0.29, 0.717) is 12.2 Å². The number of H-pyrrole nitrogens is 1. The fourth-order valence-corrected chi connectivity index (χ4v) is 2.01. The van der Waals surface area contributed by atoms with Crippen LogP contribution in [0.2, 0.25) is 0 Å². The Bertz CT molecular complexity index is 641. The third-order valence-electron chi connectivity index (χ3n) is 2.85. The van der Waals surface area contributed by atoms with Gasteiger partial charge in [-0.1, -0.05) is 24.3 Å². The van der Waals surface area contributed by atoms with Crippen molar-refractivity contribution in [1.82, 2.24) is 19.9 Å². The molecule has 0 saturated carbocycles. The Morgan fingerprint density at radius 1 is 1.22 bits per heavy atom. The molecule has 0 aliphatic carbocycles. The zero-order valence-corrected chi connectivity index (χ0v) is 9.80. The number of hydrogen-bond acceptors (Lipinski definition) is 4. The molecule has 1 aromatic carbocycles. The van der Waals surface area contributed by atoms with Crippen molar-refractivity contribution < 1.29 is 0 Å². The Morgan fingerprint density at radius 3 is 2.94 bits per heavy atom. The van der Waals surface area contributed by atoms with Crippen LogP contribution in [0.15, 0.2) is 36.8 Å². The maximum atomic E-state index is 5.63. The summed E-state index contributed by atoms with van der Waals surface area (Å²) in [7, 11) is 0. The molecule has 0 fully saturated rings. The first-order valence-corrected chi connectivity index (χ1v) is 5.82. The lowest BCUT2D eigenvalue weighted by molar-refractivity contribution is 0.968. The van der Waals surface area contributed by atoms with Crippen LogP contribution in [-0.4, -0.2) is 26.5 Å². The highest BCUT2D eigenvalue weighted by Gasteiger charge is 2.09. The van der Waals surface area contributed by atoms with Crippen LogP contribution in [0.25, 0.3) is 22.6 Å². The predicted octanol–water partition coefficient (Wildman–Crippen LogP) is 1.52. The van der Waals surface area contributed by atoms with Crippen molar-refractivity contribution in [2.75, 3.05) is 6.54 Å². The van der Waals surface area contributed by atoms with Crippen LogP contribution in [0.5, 0.6) is 0 Å². The van der Waals surface area contributed by atoms with Gasteiger partial charge >= 0.3 is 0 Å². The molecule has 0 radical (unpaired) electrons. The molecule has 0 unspecified atom stereocenters. The van der Waals surface area contributed by atoms with Crippen LogP contribution in [0.1, 0.15) is 5.56 Å². The first kappa shape index (κ1) is 10.9. The van der Waals surface area contributed by atoms with Gasteiger partial charge in [0.1, 0.15) is 17.7 Å². The summed E-state index contributed by atoms with van der Waals surface area (Å²) in [5, 5.41) is 0. The van der Waals surface area contributed by atoms with Gasteiger partial charge in [-0.3, -0.25) is 0 Å². The summed E-state index contributed by atoms with van der Waals surface area (Å²) in [6, 6.07) is 8.11. The number of hydrogen-bond donors (Lipinski definition) is 2. The second-order valence-corrected chi connectivity index (χ2v) is 4.04. The fourth-order valence-electron chi connectivity index (χ4n) is 2.01. The predicted molar refractivity (Wildman–Crippen MR) is 69.9 cm³/mol. The first-order chi connectivity index (χ1) is 8.88. The number of rotatable bonds is 3. The third kappa shape index (κ3) is 1.84. The second-order valence-electron chi connectivity index (χ2n) is 4.04. The van der Waals surface area contributed by atoms with E-state index in [4.69, 9.17) is 5.73 Å². The van der Waals surface area contributed by atoms with Gasteiger partial charge in [-0.05, 0) is 18.5 Å². The number of imidazole rings is 1. The van der Waals surface area contributed by atoms with Crippen molar-refractivity contribution in [1.29, 1.82) is 0 Å². The van der Waals surface area contributed by atoms with Crippen molar-refractivity contribution in [3.8, 4) is 11.4 Å². The van der Waals surface area contributed by atoms with E-state index in [2.05, 4.69) is 26.0 Å². The maximum absolute atomic E-state index is 5.63. The molecule has 0 saturated heterocycles.